The fourth-order valence-electron chi connectivity index (χ4n) is 1.81. The third kappa shape index (κ3) is 2.88. The van der Waals surface area contributed by atoms with Gasteiger partial charge in [0.15, 0.2) is 5.13 Å². The second-order valence-electron chi connectivity index (χ2n) is 3.85. The van der Waals surface area contributed by atoms with E-state index < -0.39 is 0 Å². The maximum atomic E-state index is 5.70. The van der Waals surface area contributed by atoms with E-state index in [4.69, 9.17) is 10.5 Å². The van der Waals surface area contributed by atoms with Crippen LogP contribution >= 0.6 is 11.3 Å². The first-order chi connectivity index (χ1) is 9.76. The van der Waals surface area contributed by atoms with Crippen LogP contribution in [0.5, 0.6) is 5.75 Å². The van der Waals surface area contributed by atoms with E-state index in [0.717, 1.165) is 27.1 Å². The van der Waals surface area contributed by atoms with Gasteiger partial charge in [0, 0.05) is 11.8 Å². The molecule has 5 heteroatoms. The Kier molecular flexibility index (Phi) is 4.53. The molecule has 2 aromatic heterocycles. The largest absolute Gasteiger partial charge is 0.495 e. The molecule has 0 aliphatic carbocycles. The molecule has 0 bridgehead atoms. The van der Waals surface area contributed by atoms with Crippen LogP contribution in [-0.2, 0) is 0 Å². The predicted octanol–water partition coefficient (Wildman–Crippen LogP) is 3.98. The van der Waals surface area contributed by atoms with Gasteiger partial charge in [-0.15, -0.1) is 0 Å². The molecule has 2 heterocycles. The molecule has 0 atom stereocenters. The third-order valence-electron chi connectivity index (χ3n) is 2.69. The number of benzene rings is 1. The van der Waals surface area contributed by atoms with Crippen LogP contribution in [-0.4, -0.2) is 17.1 Å². The van der Waals surface area contributed by atoms with Gasteiger partial charge in [-0.05, 0) is 23.8 Å². The van der Waals surface area contributed by atoms with E-state index >= 15 is 0 Å². The molecule has 0 saturated carbocycles. The van der Waals surface area contributed by atoms with Gasteiger partial charge in [-0.3, -0.25) is 4.98 Å². The summed E-state index contributed by atoms with van der Waals surface area (Å²) in [6.45, 7) is 4.00. The number of hydrogen-bond donors (Lipinski definition) is 1. The van der Waals surface area contributed by atoms with Gasteiger partial charge >= 0.3 is 0 Å². The summed E-state index contributed by atoms with van der Waals surface area (Å²) in [5.41, 5.74) is 8.73. The van der Waals surface area contributed by atoms with Crippen LogP contribution in [0.25, 0.3) is 21.3 Å². The summed E-state index contributed by atoms with van der Waals surface area (Å²) in [6, 6.07) is 8.01. The van der Waals surface area contributed by atoms with Crippen molar-refractivity contribution in [3.63, 3.8) is 0 Å². The highest BCUT2D eigenvalue weighted by molar-refractivity contribution is 7.22. The van der Waals surface area contributed by atoms with Gasteiger partial charge in [0.1, 0.15) is 5.75 Å². The van der Waals surface area contributed by atoms with Gasteiger partial charge in [-0.2, -0.15) is 0 Å². The Hall–Kier alpha value is -2.14. The van der Waals surface area contributed by atoms with Crippen molar-refractivity contribution in [2.75, 3.05) is 12.8 Å². The van der Waals surface area contributed by atoms with Crippen LogP contribution in [0.4, 0.5) is 5.13 Å². The lowest BCUT2D eigenvalue weighted by molar-refractivity contribution is 0.413. The smallest absolute Gasteiger partial charge is 0.181 e. The number of methoxy groups -OCH3 is 1. The molecule has 4 nitrogen and oxygen atoms in total. The molecule has 2 N–H and O–H groups in total. The Morgan fingerprint density at radius 3 is 2.65 bits per heavy atom. The van der Waals surface area contributed by atoms with Crippen LogP contribution in [0, 0.1) is 0 Å². The summed E-state index contributed by atoms with van der Waals surface area (Å²) < 4.78 is 6.25. The highest BCUT2D eigenvalue weighted by Gasteiger charge is 2.05. The zero-order chi connectivity index (χ0) is 14.5. The molecule has 3 aromatic rings. The normalized spacial score (nSPS) is 9.95. The highest BCUT2D eigenvalue weighted by Crippen LogP contribution is 2.29. The van der Waals surface area contributed by atoms with Crippen LogP contribution in [0.15, 0.2) is 36.7 Å². The summed E-state index contributed by atoms with van der Waals surface area (Å²) in [4.78, 5) is 8.39. The van der Waals surface area contributed by atoms with E-state index in [1.807, 2.05) is 38.2 Å². The fourth-order valence-corrected chi connectivity index (χ4v) is 2.58. The van der Waals surface area contributed by atoms with E-state index in [0.29, 0.717) is 5.13 Å². The maximum Gasteiger partial charge on any atom is 0.181 e. The average Bonchev–Trinajstić information content (AvgIpc) is 2.88. The molecule has 20 heavy (non-hydrogen) atoms. The Morgan fingerprint density at radius 1 is 1.10 bits per heavy atom. The second kappa shape index (κ2) is 6.34. The van der Waals surface area contributed by atoms with E-state index in [1.54, 1.807) is 13.3 Å². The Morgan fingerprint density at radius 2 is 1.90 bits per heavy atom. The molecule has 0 spiro atoms. The first kappa shape index (κ1) is 14.3. The molecular formula is C15H17N3OS. The molecule has 0 amide bonds. The quantitative estimate of drug-likeness (QED) is 0.774. The monoisotopic (exact) mass is 287 g/mol. The standard InChI is InChI=1S/C13H11N3OS.C2H6/c1-17-10-4-9(6-15-7-10)8-2-3-11-12(5-8)18-13(14)16-11;1-2/h2-7H,1H3,(H2,14,16);1-2H3. The lowest BCUT2D eigenvalue weighted by atomic mass is 10.1. The summed E-state index contributed by atoms with van der Waals surface area (Å²) in [5.74, 6) is 0.747. The van der Waals surface area contributed by atoms with Gasteiger partial charge in [-0.1, -0.05) is 31.3 Å². The number of thiazole rings is 1. The summed E-state index contributed by atoms with van der Waals surface area (Å²) in [7, 11) is 1.63. The van der Waals surface area contributed by atoms with E-state index in [-0.39, 0.29) is 0 Å². The highest BCUT2D eigenvalue weighted by atomic mass is 32.1. The van der Waals surface area contributed by atoms with Crippen molar-refractivity contribution in [2.45, 2.75) is 13.8 Å². The van der Waals surface area contributed by atoms with Crippen LogP contribution in [0.1, 0.15) is 13.8 Å². The number of pyridine rings is 1. The Bertz CT molecular complexity index is 709. The molecular weight excluding hydrogens is 270 g/mol. The van der Waals surface area contributed by atoms with Crippen molar-refractivity contribution >= 4 is 26.7 Å². The molecule has 0 radical (unpaired) electrons. The zero-order valence-electron chi connectivity index (χ0n) is 11.8. The summed E-state index contributed by atoms with van der Waals surface area (Å²) in [6.07, 6.45) is 3.50. The third-order valence-corrected chi connectivity index (χ3v) is 3.53. The SMILES string of the molecule is CC.COc1cncc(-c2ccc3nc(N)sc3c2)c1. The summed E-state index contributed by atoms with van der Waals surface area (Å²) in [5, 5.41) is 0.589. The molecule has 104 valence electrons. The van der Waals surface area contributed by atoms with Crippen LogP contribution in [0.2, 0.25) is 0 Å². The molecule has 0 fully saturated rings. The number of aromatic nitrogens is 2. The lowest BCUT2D eigenvalue weighted by Gasteiger charge is -2.03. The molecule has 0 saturated heterocycles. The minimum Gasteiger partial charge on any atom is -0.495 e. The molecule has 0 unspecified atom stereocenters. The summed E-state index contributed by atoms with van der Waals surface area (Å²) >= 11 is 1.49. The van der Waals surface area contributed by atoms with Crippen molar-refractivity contribution in [1.29, 1.82) is 0 Å². The minimum atomic E-state index is 0.589. The van der Waals surface area contributed by atoms with E-state index in [9.17, 15) is 0 Å². The van der Waals surface area contributed by atoms with Crippen molar-refractivity contribution in [3.05, 3.63) is 36.7 Å². The van der Waals surface area contributed by atoms with Crippen molar-refractivity contribution in [3.8, 4) is 16.9 Å². The zero-order valence-corrected chi connectivity index (χ0v) is 12.6. The maximum absolute atomic E-state index is 5.70. The van der Waals surface area contributed by atoms with Gasteiger partial charge in [0.05, 0.1) is 23.5 Å². The minimum absolute atomic E-state index is 0.589. The number of anilines is 1. The van der Waals surface area contributed by atoms with Gasteiger partial charge in [0.2, 0.25) is 0 Å². The number of nitrogens with zero attached hydrogens (tertiary/aromatic N) is 2. The predicted molar refractivity (Wildman–Crippen MR) is 85.2 cm³/mol. The first-order valence-electron chi connectivity index (χ1n) is 6.42. The van der Waals surface area contributed by atoms with Crippen molar-refractivity contribution in [1.82, 2.24) is 9.97 Å². The van der Waals surface area contributed by atoms with Crippen LogP contribution < -0.4 is 10.5 Å². The average molecular weight is 287 g/mol. The van der Waals surface area contributed by atoms with Gasteiger partial charge < -0.3 is 10.5 Å². The topological polar surface area (TPSA) is 61.0 Å². The Labute approximate surface area is 122 Å². The van der Waals surface area contributed by atoms with Crippen molar-refractivity contribution in [2.24, 2.45) is 0 Å². The fraction of sp³-hybridized carbons (Fsp3) is 0.200. The number of nitrogen functional groups attached to an aromatic ring is 1. The molecule has 0 aliphatic rings. The number of ether oxygens (including phenoxy) is 1. The van der Waals surface area contributed by atoms with E-state index in [1.165, 1.54) is 11.3 Å². The lowest BCUT2D eigenvalue weighted by Crippen LogP contribution is -1.86. The Balaban J connectivity index is 0.000000704. The van der Waals surface area contributed by atoms with Gasteiger partial charge in [0.25, 0.3) is 0 Å². The van der Waals surface area contributed by atoms with Crippen molar-refractivity contribution < 1.29 is 4.74 Å². The first-order valence-corrected chi connectivity index (χ1v) is 7.23. The number of nitrogens with two attached hydrogens (primary N) is 1. The molecule has 1 aromatic carbocycles. The molecule has 3 rings (SSSR count). The number of rotatable bonds is 2. The van der Waals surface area contributed by atoms with Crippen LogP contribution in [0.3, 0.4) is 0 Å². The molecule has 0 aliphatic heterocycles. The van der Waals surface area contributed by atoms with Gasteiger partial charge in [-0.25, -0.2) is 4.98 Å². The number of fused-ring (bicyclic) bond motifs is 1. The second-order valence-corrected chi connectivity index (χ2v) is 4.91. The van der Waals surface area contributed by atoms with E-state index in [2.05, 4.69) is 16.0 Å². The number of hydrogen-bond acceptors (Lipinski definition) is 5.